The lowest BCUT2D eigenvalue weighted by Gasteiger charge is -2.47. The Kier molecular flexibility index (Phi) is 12.5. The van der Waals surface area contributed by atoms with E-state index in [0.29, 0.717) is 0 Å². The highest BCUT2D eigenvalue weighted by Crippen LogP contribution is 2.37. The Labute approximate surface area is 175 Å². The van der Waals surface area contributed by atoms with Gasteiger partial charge in [-0.2, -0.15) is 0 Å². The molecule has 0 saturated heterocycles. The fourth-order valence-corrected chi connectivity index (χ4v) is 25.2. The largest absolute Gasteiger partial charge is 0.436 e. The van der Waals surface area contributed by atoms with Crippen LogP contribution < -0.4 is 0 Å². The smallest absolute Gasteiger partial charge is 0.318 e. The molecular weight excluding hydrogens is 401 g/mol. The third-order valence-electron chi connectivity index (χ3n) is 6.82. The minimum atomic E-state index is -2.31. The molecule has 7 heteroatoms. The SMILES string of the molecule is C=C[Si](CC)(CC)O[Si](CC)(CC)O[Si](CC)(CC)O[Si](CC)(CC)CC. The van der Waals surface area contributed by atoms with E-state index in [2.05, 4.69) is 74.6 Å². The zero-order valence-electron chi connectivity index (χ0n) is 19.9. The molecule has 0 bridgehead atoms. The molecule has 0 saturated carbocycles. The average molecular weight is 449 g/mol. The van der Waals surface area contributed by atoms with Crippen LogP contribution in [-0.2, 0) is 12.3 Å². The van der Waals surface area contributed by atoms with Gasteiger partial charge in [-0.1, -0.05) is 68.0 Å². The van der Waals surface area contributed by atoms with Crippen molar-refractivity contribution in [1.82, 2.24) is 0 Å². The van der Waals surface area contributed by atoms with E-state index in [4.69, 9.17) is 12.3 Å². The molecule has 0 aliphatic heterocycles. The van der Waals surface area contributed by atoms with Crippen molar-refractivity contribution in [1.29, 1.82) is 0 Å². The maximum Gasteiger partial charge on any atom is 0.318 e. The molecule has 0 rings (SSSR count). The van der Waals surface area contributed by atoms with E-state index in [-0.39, 0.29) is 0 Å². The molecule has 162 valence electrons. The highest BCUT2D eigenvalue weighted by Gasteiger charge is 2.51. The average Bonchev–Trinajstić information content (AvgIpc) is 2.74. The molecule has 0 amide bonds. The summed E-state index contributed by atoms with van der Waals surface area (Å²) in [5.74, 6) is 0. The fourth-order valence-electron chi connectivity index (χ4n) is 3.91. The highest BCUT2D eigenvalue weighted by atomic mass is 28.5. The van der Waals surface area contributed by atoms with Gasteiger partial charge in [-0.3, -0.25) is 0 Å². The molecule has 3 nitrogen and oxygen atoms in total. The third kappa shape index (κ3) is 6.76. The molecule has 27 heavy (non-hydrogen) atoms. The normalized spacial score (nSPS) is 13.8. The second-order valence-corrected chi connectivity index (χ2v) is 25.1. The zero-order valence-corrected chi connectivity index (χ0v) is 23.9. The molecule has 0 spiro atoms. The number of hydrogen-bond acceptors (Lipinski definition) is 3. The summed E-state index contributed by atoms with van der Waals surface area (Å²) in [7, 11) is -8.21. The van der Waals surface area contributed by atoms with Crippen molar-refractivity contribution in [2.24, 2.45) is 0 Å². The first kappa shape index (κ1) is 27.5. The predicted octanol–water partition coefficient (Wildman–Crippen LogP) is 7.72. The van der Waals surface area contributed by atoms with Crippen molar-refractivity contribution in [2.45, 2.75) is 117 Å². The van der Waals surface area contributed by atoms with Crippen LogP contribution in [0.25, 0.3) is 0 Å². The maximum atomic E-state index is 7.20. The van der Waals surface area contributed by atoms with E-state index < -0.39 is 33.8 Å². The van der Waals surface area contributed by atoms with Gasteiger partial charge in [0, 0.05) is 0 Å². The van der Waals surface area contributed by atoms with Crippen molar-refractivity contribution >= 4 is 33.8 Å². The first-order valence-electron chi connectivity index (χ1n) is 11.5. The fraction of sp³-hybridized carbons (Fsp3) is 0.900. The minimum absolute atomic E-state index is 1.00. The lowest BCUT2D eigenvalue weighted by molar-refractivity contribution is 0.303. The molecule has 0 aliphatic rings. The van der Waals surface area contributed by atoms with E-state index in [1.165, 1.54) is 18.1 Å². The van der Waals surface area contributed by atoms with Gasteiger partial charge >= 0.3 is 17.1 Å². The van der Waals surface area contributed by atoms with Crippen LogP contribution in [0.2, 0.25) is 54.4 Å². The highest BCUT2D eigenvalue weighted by molar-refractivity contribution is 6.92. The van der Waals surface area contributed by atoms with Crippen LogP contribution in [0.15, 0.2) is 12.3 Å². The Bertz CT molecular complexity index is 407. The first-order chi connectivity index (χ1) is 12.7. The van der Waals surface area contributed by atoms with Gasteiger partial charge in [-0.05, 0) is 54.4 Å². The molecule has 0 atom stereocenters. The monoisotopic (exact) mass is 448 g/mol. The topological polar surface area (TPSA) is 27.7 Å². The maximum absolute atomic E-state index is 7.20. The van der Waals surface area contributed by atoms with Crippen molar-refractivity contribution in [3.63, 3.8) is 0 Å². The van der Waals surface area contributed by atoms with E-state index in [1.54, 1.807) is 0 Å². The summed E-state index contributed by atoms with van der Waals surface area (Å²) in [6, 6.07) is 9.76. The molecule has 0 unspecified atom stereocenters. The van der Waals surface area contributed by atoms with E-state index in [1.807, 2.05) is 0 Å². The lowest BCUT2D eigenvalue weighted by Crippen LogP contribution is -2.61. The Hall–Kier alpha value is 0.488. The molecule has 0 aromatic rings. The van der Waals surface area contributed by atoms with Crippen LogP contribution in [0, 0.1) is 0 Å². The van der Waals surface area contributed by atoms with Gasteiger partial charge in [0.05, 0.1) is 0 Å². The Morgan fingerprint density at radius 2 is 0.889 bits per heavy atom. The molecule has 0 N–H and O–H groups in total. The third-order valence-corrected chi connectivity index (χ3v) is 27.4. The summed E-state index contributed by atoms with van der Waals surface area (Å²) < 4.78 is 21.4. The zero-order chi connectivity index (χ0) is 21.2. The summed E-state index contributed by atoms with van der Waals surface area (Å²) >= 11 is 0. The lowest BCUT2D eigenvalue weighted by atomic mass is 10.9. The molecular formula is C20H48O3Si4. The summed E-state index contributed by atoms with van der Waals surface area (Å²) in [6.45, 7) is 24.7. The van der Waals surface area contributed by atoms with Gasteiger partial charge in [-0.15, -0.1) is 6.58 Å². The minimum Gasteiger partial charge on any atom is -0.436 e. The molecule has 0 heterocycles. The summed E-state index contributed by atoms with van der Waals surface area (Å²) in [5.41, 5.74) is 2.15. The van der Waals surface area contributed by atoms with Crippen LogP contribution in [0.3, 0.4) is 0 Å². The second kappa shape index (κ2) is 12.2. The van der Waals surface area contributed by atoms with Gasteiger partial charge in [0.1, 0.15) is 0 Å². The molecule has 0 aromatic carbocycles. The molecule has 0 fully saturated rings. The molecule has 0 radical (unpaired) electrons. The Morgan fingerprint density at radius 3 is 1.15 bits per heavy atom. The quantitative estimate of drug-likeness (QED) is 0.226. The van der Waals surface area contributed by atoms with Gasteiger partial charge < -0.3 is 12.3 Å². The second-order valence-electron chi connectivity index (χ2n) is 7.76. The van der Waals surface area contributed by atoms with Crippen molar-refractivity contribution in [3.8, 4) is 0 Å². The Morgan fingerprint density at radius 1 is 0.519 bits per heavy atom. The summed E-state index contributed by atoms with van der Waals surface area (Å²) in [5, 5.41) is 0. The van der Waals surface area contributed by atoms with Gasteiger partial charge in [0.2, 0.25) is 8.32 Å². The van der Waals surface area contributed by atoms with Crippen LogP contribution in [0.5, 0.6) is 0 Å². The van der Waals surface area contributed by atoms with Gasteiger partial charge in [0.15, 0.2) is 8.32 Å². The van der Waals surface area contributed by atoms with Gasteiger partial charge in [0.25, 0.3) is 0 Å². The first-order valence-corrected chi connectivity index (χ1v) is 20.9. The van der Waals surface area contributed by atoms with Crippen LogP contribution >= 0.6 is 0 Å². The predicted molar refractivity (Wildman–Crippen MR) is 131 cm³/mol. The van der Waals surface area contributed by atoms with Gasteiger partial charge in [-0.25, -0.2) is 0 Å². The Balaban J connectivity index is 5.96. The van der Waals surface area contributed by atoms with E-state index in [9.17, 15) is 0 Å². The molecule has 0 aromatic heterocycles. The van der Waals surface area contributed by atoms with Crippen molar-refractivity contribution < 1.29 is 12.3 Å². The summed E-state index contributed by atoms with van der Waals surface area (Å²) in [6.07, 6.45) is 0. The summed E-state index contributed by atoms with van der Waals surface area (Å²) in [4.78, 5) is 0. The number of hydrogen-bond donors (Lipinski definition) is 0. The molecule has 0 aliphatic carbocycles. The number of rotatable bonds is 16. The van der Waals surface area contributed by atoms with Crippen LogP contribution in [0.4, 0.5) is 0 Å². The van der Waals surface area contributed by atoms with Crippen molar-refractivity contribution in [2.75, 3.05) is 0 Å². The van der Waals surface area contributed by atoms with E-state index in [0.717, 1.165) is 36.3 Å². The van der Waals surface area contributed by atoms with E-state index >= 15 is 0 Å². The standard InChI is InChI=1S/C20H48O3Si4/c1-11-24(12-2,13-3)21-26(17-7,18-8)23-27(19-9,20-10)22-25(14-4,15-5)16-6/h11H,1,12-20H2,2-10H3. The van der Waals surface area contributed by atoms with Crippen LogP contribution in [0.1, 0.15) is 62.3 Å². The van der Waals surface area contributed by atoms with Crippen LogP contribution in [-0.4, -0.2) is 33.8 Å². The van der Waals surface area contributed by atoms with Crippen molar-refractivity contribution in [3.05, 3.63) is 12.3 Å².